The van der Waals surface area contributed by atoms with E-state index in [9.17, 15) is 0 Å². The Morgan fingerprint density at radius 2 is 1.52 bits per heavy atom. The Labute approximate surface area is 145 Å². The van der Waals surface area contributed by atoms with E-state index in [1.807, 2.05) is 18.2 Å². The number of nitrogens with one attached hydrogen (secondary N) is 1. The minimum absolute atomic E-state index is 0.404. The smallest absolute Gasteiger partial charge is 0.0514 e. The summed E-state index contributed by atoms with van der Waals surface area (Å²) in [5.41, 5.74) is 2.66. The zero-order valence-corrected chi connectivity index (χ0v) is 14.7. The van der Waals surface area contributed by atoms with Crippen molar-refractivity contribution in [1.82, 2.24) is 5.32 Å². The van der Waals surface area contributed by atoms with E-state index < -0.39 is 0 Å². The molecular formula is C16H15Cl4N. The number of hydrogen-bond acceptors (Lipinski definition) is 1. The first-order valence-corrected chi connectivity index (χ1v) is 8.06. The zero-order valence-electron chi connectivity index (χ0n) is 11.7. The number of benzene rings is 2. The molecule has 0 bridgehead atoms. The molecule has 21 heavy (non-hydrogen) atoms. The topological polar surface area (TPSA) is 12.0 Å². The van der Waals surface area contributed by atoms with Crippen LogP contribution in [0.4, 0.5) is 0 Å². The van der Waals surface area contributed by atoms with E-state index in [1.165, 1.54) is 0 Å². The predicted molar refractivity (Wildman–Crippen MR) is 93.9 cm³/mol. The van der Waals surface area contributed by atoms with Crippen molar-refractivity contribution in [1.29, 1.82) is 0 Å². The summed E-state index contributed by atoms with van der Waals surface area (Å²) in [6.45, 7) is 4.91. The molecule has 0 aliphatic carbocycles. The van der Waals surface area contributed by atoms with Gasteiger partial charge in [0, 0.05) is 28.2 Å². The van der Waals surface area contributed by atoms with Crippen LogP contribution in [0.3, 0.4) is 0 Å². The van der Waals surface area contributed by atoms with Gasteiger partial charge in [-0.3, -0.25) is 0 Å². The molecule has 0 fully saturated rings. The van der Waals surface area contributed by atoms with E-state index in [4.69, 9.17) is 46.4 Å². The van der Waals surface area contributed by atoms with Crippen LogP contribution in [0.1, 0.15) is 19.4 Å². The van der Waals surface area contributed by atoms with Crippen molar-refractivity contribution in [2.45, 2.75) is 26.4 Å². The lowest BCUT2D eigenvalue weighted by atomic mass is 10.0. The van der Waals surface area contributed by atoms with E-state index in [0.717, 1.165) is 23.2 Å². The van der Waals surface area contributed by atoms with Crippen LogP contribution in [0, 0.1) is 0 Å². The maximum Gasteiger partial charge on any atom is 0.0514 e. The monoisotopic (exact) mass is 361 g/mol. The summed E-state index contributed by atoms with van der Waals surface area (Å²) in [5.74, 6) is 0. The third-order valence-corrected chi connectivity index (χ3v) is 4.22. The Balaban J connectivity index is 2.36. The molecule has 5 heteroatoms. The van der Waals surface area contributed by atoms with E-state index in [1.54, 1.807) is 12.1 Å². The van der Waals surface area contributed by atoms with Gasteiger partial charge in [0.25, 0.3) is 0 Å². The van der Waals surface area contributed by atoms with Gasteiger partial charge < -0.3 is 5.32 Å². The van der Waals surface area contributed by atoms with Gasteiger partial charge in [-0.1, -0.05) is 72.4 Å². The van der Waals surface area contributed by atoms with Crippen molar-refractivity contribution in [3.63, 3.8) is 0 Å². The van der Waals surface area contributed by atoms with Gasteiger partial charge in [0.15, 0.2) is 0 Å². The molecule has 0 unspecified atom stereocenters. The Morgan fingerprint density at radius 3 is 2.05 bits per heavy atom. The molecule has 112 valence electrons. The first-order valence-electron chi connectivity index (χ1n) is 6.55. The van der Waals surface area contributed by atoms with Crippen molar-refractivity contribution in [2.75, 3.05) is 0 Å². The minimum atomic E-state index is 0.404. The van der Waals surface area contributed by atoms with E-state index in [2.05, 4.69) is 19.2 Å². The molecular weight excluding hydrogens is 348 g/mol. The summed E-state index contributed by atoms with van der Waals surface area (Å²) >= 11 is 24.8. The van der Waals surface area contributed by atoms with Gasteiger partial charge in [0.1, 0.15) is 0 Å². The summed E-state index contributed by atoms with van der Waals surface area (Å²) in [5, 5.41) is 5.55. The molecule has 0 aliphatic heterocycles. The molecule has 1 N–H and O–H groups in total. The average molecular weight is 363 g/mol. The summed E-state index contributed by atoms with van der Waals surface area (Å²) in [7, 11) is 0. The second-order valence-electron chi connectivity index (χ2n) is 5.09. The summed E-state index contributed by atoms with van der Waals surface area (Å²) < 4.78 is 0. The van der Waals surface area contributed by atoms with Crippen LogP contribution in [0.5, 0.6) is 0 Å². The van der Waals surface area contributed by atoms with Crippen molar-refractivity contribution < 1.29 is 0 Å². The average Bonchev–Trinajstić information content (AvgIpc) is 2.36. The van der Waals surface area contributed by atoms with E-state index in [-0.39, 0.29) is 0 Å². The number of rotatable bonds is 4. The Bertz CT molecular complexity index is 630. The lowest BCUT2D eigenvalue weighted by Crippen LogP contribution is -2.21. The highest BCUT2D eigenvalue weighted by Crippen LogP contribution is 2.38. The Hall–Kier alpha value is -0.440. The maximum absolute atomic E-state index is 6.35. The molecule has 1 nitrogen and oxygen atoms in total. The molecule has 0 atom stereocenters. The summed E-state index contributed by atoms with van der Waals surface area (Å²) in [6, 6.07) is 9.57. The maximum atomic E-state index is 6.35. The molecule has 0 saturated heterocycles. The molecule has 2 aromatic carbocycles. The molecule has 0 heterocycles. The molecule has 0 radical (unpaired) electrons. The Morgan fingerprint density at radius 1 is 0.905 bits per heavy atom. The van der Waals surface area contributed by atoms with Crippen molar-refractivity contribution in [2.24, 2.45) is 0 Å². The lowest BCUT2D eigenvalue weighted by Gasteiger charge is -2.12. The largest absolute Gasteiger partial charge is 0.310 e. The number of halogens is 4. The molecule has 0 saturated carbocycles. The highest BCUT2D eigenvalue weighted by Gasteiger charge is 2.12. The van der Waals surface area contributed by atoms with Gasteiger partial charge in [0.05, 0.1) is 10.0 Å². The zero-order chi connectivity index (χ0) is 15.6. The van der Waals surface area contributed by atoms with Crippen molar-refractivity contribution in [3.8, 4) is 11.1 Å². The Kier molecular flexibility index (Phi) is 5.81. The SMILES string of the molecule is CC(C)NCc1ccc(-c2c(Cl)cc(Cl)cc2Cl)cc1Cl. The van der Waals surface area contributed by atoms with Crippen LogP contribution >= 0.6 is 46.4 Å². The normalized spacial score (nSPS) is 11.2. The summed E-state index contributed by atoms with van der Waals surface area (Å²) in [6.07, 6.45) is 0. The lowest BCUT2D eigenvalue weighted by molar-refractivity contribution is 0.589. The fraction of sp³-hybridized carbons (Fsp3) is 0.250. The molecule has 0 aromatic heterocycles. The first kappa shape index (κ1) is 16.9. The van der Waals surface area contributed by atoms with Crippen LogP contribution in [0.2, 0.25) is 20.1 Å². The van der Waals surface area contributed by atoms with Gasteiger partial charge in [-0.15, -0.1) is 0 Å². The highest BCUT2D eigenvalue weighted by molar-refractivity contribution is 6.42. The summed E-state index contributed by atoms with van der Waals surface area (Å²) in [4.78, 5) is 0. The molecule has 0 spiro atoms. The van der Waals surface area contributed by atoms with Gasteiger partial charge in [-0.2, -0.15) is 0 Å². The van der Waals surface area contributed by atoms with Crippen LogP contribution in [0.15, 0.2) is 30.3 Å². The van der Waals surface area contributed by atoms with Crippen LogP contribution in [0.25, 0.3) is 11.1 Å². The fourth-order valence-corrected chi connectivity index (χ4v) is 3.26. The second-order valence-corrected chi connectivity index (χ2v) is 6.74. The predicted octanol–water partition coefficient (Wildman–Crippen LogP) is 6.47. The van der Waals surface area contributed by atoms with E-state index >= 15 is 0 Å². The molecule has 0 amide bonds. The van der Waals surface area contributed by atoms with Gasteiger partial charge in [-0.25, -0.2) is 0 Å². The van der Waals surface area contributed by atoms with Crippen LogP contribution in [-0.2, 0) is 6.54 Å². The fourth-order valence-electron chi connectivity index (χ4n) is 1.98. The van der Waals surface area contributed by atoms with Crippen LogP contribution in [-0.4, -0.2) is 6.04 Å². The van der Waals surface area contributed by atoms with Gasteiger partial charge in [0.2, 0.25) is 0 Å². The van der Waals surface area contributed by atoms with E-state index in [0.29, 0.717) is 26.1 Å². The highest BCUT2D eigenvalue weighted by atomic mass is 35.5. The minimum Gasteiger partial charge on any atom is -0.310 e. The van der Waals surface area contributed by atoms with Gasteiger partial charge >= 0.3 is 0 Å². The number of hydrogen-bond donors (Lipinski definition) is 1. The third-order valence-electron chi connectivity index (χ3n) is 3.05. The van der Waals surface area contributed by atoms with Crippen LogP contribution < -0.4 is 5.32 Å². The third kappa shape index (κ3) is 4.28. The van der Waals surface area contributed by atoms with Crippen molar-refractivity contribution >= 4 is 46.4 Å². The molecule has 2 rings (SSSR count). The first-order chi connectivity index (χ1) is 9.88. The van der Waals surface area contributed by atoms with Gasteiger partial charge in [-0.05, 0) is 29.3 Å². The second kappa shape index (κ2) is 7.21. The molecule has 0 aliphatic rings. The standard InChI is InChI=1S/C16H15Cl4N/c1-9(2)21-8-11-4-3-10(5-13(11)18)16-14(19)6-12(17)7-15(16)20/h3-7,9,21H,8H2,1-2H3. The molecule has 2 aromatic rings. The van der Waals surface area contributed by atoms with Crippen molar-refractivity contribution in [3.05, 3.63) is 56.0 Å². The quantitative estimate of drug-likeness (QED) is 0.657.